The maximum Gasteiger partial charge on any atom is 0.255 e. The van der Waals surface area contributed by atoms with E-state index in [1.54, 1.807) is 12.1 Å². The van der Waals surface area contributed by atoms with Crippen molar-refractivity contribution < 1.29 is 9.59 Å². The summed E-state index contributed by atoms with van der Waals surface area (Å²) in [6, 6.07) is 28.6. The third kappa shape index (κ3) is 5.99. The highest BCUT2D eigenvalue weighted by Gasteiger charge is 2.43. The number of carbonyl (C=O) groups is 2. The molecule has 3 N–H and O–H groups in total. The van der Waals surface area contributed by atoms with Gasteiger partial charge in [-0.2, -0.15) is 0 Å². The van der Waals surface area contributed by atoms with Gasteiger partial charge < -0.3 is 20.5 Å². The number of halogens is 2. The summed E-state index contributed by atoms with van der Waals surface area (Å²) in [5, 5.41) is 9.83. The Morgan fingerprint density at radius 1 is 1.00 bits per heavy atom. The second-order valence-electron chi connectivity index (χ2n) is 10.2. The summed E-state index contributed by atoms with van der Waals surface area (Å²) in [6.07, 6.45) is 0.879. The van der Waals surface area contributed by atoms with E-state index in [2.05, 4.69) is 44.0 Å². The first-order valence-corrected chi connectivity index (χ1v) is 14.4. The lowest BCUT2D eigenvalue weighted by Crippen LogP contribution is -2.24. The van der Waals surface area contributed by atoms with E-state index >= 15 is 0 Å². The molecule has 1 fully saturated rings. The minimum absolute atomic E-state index is 0.0177. The van der Waals surface area contributed by atoms with E-state index in [0.717, 1.165) is 22.0 Å². The fraction of sp³-hybridized carbons (Fsp3) is 0.156. The van der Waals surface area contributed by atoms with Gasteiger partial charge in [-0.25, -0.2) is 4.98 Å². The molecule has 1 aliphatic carbocycles. The van der Waals surface area contributed by atoms with Crippen molar-refractivity contribution in [2.45, 2.75) is 18.9 Å². The molecule has 206 valence electrons. The Kier molecular flexibility index (Phi) is 7.51. The van der Waals surface area contributed by atoms with Gasteiger partial charge in [0.15, 0.2) is 0 Å². The lowest BCUT2D eigenvalue weighted by Gasteiger charge is -2.11. The van der Waals surface area contributed by atoms with Crippen LogP contribution in [0.15, 0.2) is 95.5 Å². The van der Waals surface area contributed by atoms with E-state index in [-0.39, 0.29) is 17.7 Å². The molecule has 2 amide bonds. The summed E-state index contributed by atoms with van der Waals surface area (Å²) in [4.78, 5) is 30.3. The van der Waals surface area contributed by atoms with Crippen molar-refractivity contribution in [3.8, 4) is 0 Å². The van der Waals surface area contributed by atoms with E-state index in [9.17, 15) is 9.59 Å². The highest BCUT2D eigenvalue weighted by Crippen LogP contribution is 2.47. The van der Waals surface area contributed by atoms with Crippen molar-refractivity contribution in [3.63, 3.8) is 0 Å². The molecule has 1 aliphatic rings. The van der Waals surface area contributed by atoms with Crippen LogP contribution in [0.5, 0.6) is 0 Å². The van der Waals surface area contributed by atoms with Gasteiger partial charge in [0.05, 0.1) is 21.7 Å². The number of aromatic nitrogens is 2. The number of rotatable bonds is 8. The average molecular weight is 629 g/mol. The first kappa shape index (κ1) is 27.1. The highest BCUT2D eigenvalue weighted by molar-refractivity contribution is 9.10. The van der Waals surface area contributed by atoms with Gasteiger partial charge in [0.2, 0.25) is 11.9 Å². The molecule has 7 nitrogen and oxygen atoms in total. The van der Waals surface area contributed by atoms with Crippen LogP contribution in [0.4, 0.5) is 17.3 Å². The van der Waals surface area contributed by atoms with Crippen LogP contribution in [0.25, 0.3) is 11.0 Å². The normalized spacial score (nSPS) is 15.9. The molecular formula is C32H27BrClN5O2. The van der Waals surface area contributed by atoms with Crippen LogP contribution in [0.3, 0.4) is 0 Å². The molecule has 1 aromatic heterocycles. The molecule has 41 heavy (non-hydrogen) atoms. The molecule has 0 saturated heterocycles. The molecule has 2 unspecified atom stereocenters. The molecule has 0 radical (unpaired) electrons. The SMILES string of the molecule is Cn1c(Nc2cc(CNC(=O)C3CC3c3ccccc3)ccc2Cl)nc2cc(C(=O)Nc3ccc(Br)cc3)ccc21. The Morgan fingerprint density at radius 3 is 2.56 bits per heavy atom. The molecule has 2 atom stereocenters. The van der Waals surface area contributed by atoms with Gasteiger partial charge in [0, 0.05) is 35.2 Å². The lowest BCUT2D eigenvalue weighted by atomic mass is 10.1. The van der Waals surface area contributed by atoms with Gasteiger partial charge in [-0.3, -0.25) is 9.59 Å². The maximum atomic E-state index is 12.8. The highest BCUT2D eigenvalue weighted by atomic mass is 79.9. The zero-order valence-electron chi connectivity index (χ0n) is 22.2. The Bertz CT molecular complexity index is 1750. The Morgan fingerprint density at radius 2 is 1.78 bits per heavy atom. The Labute approximate surface area is 251 Å². The molecular weight excluding hydrogens is 602 g/mol. The summed E-state index contributed by atoms with van der Waals surface area (Å²) in [6.45, 7) is 0.405. The standard InChI is InChI=1S/C32H27BrClN5O2/c1-39-29-14-8-21(30(40)36-23-11-9-22(33)10-12-23)16-28(29)38-32(39)37-27-15-19(7-13-26(27)34)18-35-31(41)25-17-24(25)20-5-3-2-4-6-20/h2-16,24-25H,17-18H2,1H3,(H,35,41)(H,36,40)(H,37,38). The van der Waals surface area contributed by atoms with Crippen LogP contribution in [-0.4, -0.2) is 21.4 Å². The minimum atomic E-state index is -0.214. The number of amides is 2. The summed E-state index contributed by atoms with van der Waals surface area (Å²) in [5.41, 5.74) is 5.57. The van der Waals surface area contributed by atoms with E-state index in [4.69, 9.17) is 16.6 Å². The molecule has 6 rings (SSSR count). The van der Waals surface area contributed by atoms with E-state index in [0.29, 0.717) is 45.9 Å². The first-order chi connectivity index (χ1) is 19.9. The number of nitrogens with zero attached hydrogens (tertiary/aromatic N) is 2. The molecule has 0 bridgehead atoms. The van der Waals surface area contributed by atoms with Crippen LogP contribution >= 0.6 is 27.5 Å². The monoisotopic (exact) mass is 627 g/mol. The van der Waals surface area contributed by atoms with Crippen molar-refractivity contribution in [2.24, 2.45) is 13.0 Å². The third-order valence-corrected chi connectivity index (χ3v) is 8.20. The fourth-order valence-corrected chi connectivity index (χ4v) is 5.39. The quantitative estimate of drug-likeness (QED) is 0.167. The topological polar surface area (TPSA) is 88.1 Å². The number of aryl methyl sites for hydroxylation is 1. The van der Waals surface area contributed by atoms with Crippen molar-refractivity contribution in [1.82, 2.24) is 14.9 Å². The van der Waals surface area contributed by atoms with Crippen molar-refractivity contribution in [1.29, 1.82) is 0 Å². The fourth-order valence-electron chi connectivity index (χ4n) is 4.96. The molecule has 0 spiro atoms. The van der Waals surface area contributed by atoms with E-state index in [1.165, 1.54) is 5.56 Å². The summed E-state index contributed by atoms with van der Waals surface area (Å²) >= 11 is 9.92. The second kappa shape index (κ2) is 11.4. The zero-order chi connectivity index (χ0) is 28.5. The number of anilines is 3. The number of nitrogens with one attached hydrogen (secondary N) is 3. The number of fused-ring (bicyclic) bond motifs is 1. The van der Waals surface area contributed by atoms with Crippen LogP contribution < -0.4 is 16.0 Å². The molecule has 9 heteroatoms. The lowest BCUT2D eigenvalue weighted by molar-refractivity contribution is -0.122. The van der Waals surface area contributed by atoms with Gasteiger partial charge in [0.25, 0.3) is 5.91 Å². The number of hydrogen-bond donors (Lipinski definition) is 3. The van der Waals surface area contributed by atoms with E-state index < -0.39 is 0 Å². The van der Waals surface area contributed by atoms with Crippen molar-refractivity contribution in [3.05, 3.63) is 117 Å². The van der Waals surface area contributed by atoms with Gasteiger partial charge in [-0.1, -0.05) is 63.9 Å². The summed E-state index contributed by atoms with van der Waals surface area (Å²) < 4.78 is 2.85. The summed E-state index contributed by atoms with van der Waals surface area (Å²) in [7, 11) is 1.90. The van der Waals surface area contributed by atoms with Crippen LogP contribution in [0.2, 0.25) is 5.02 Å². The predicted octanol–water partition coefficient (Wildman–Crippen LogP) is 7.41. The van der Waals surface area contributed by atoms with Crippen LogP contribution in [0, 0.1) is 5.92 Å². The van der Waals surface area contributed by atoms with Crippen LogP contribution in [-0.2, 0) is 18.4 Å². The van der Waals surface area contributed by atoms with Gasteiger partial charge in [-0.15, -0.1) is 0 Å². The summed E-state index contributed by atoms with van der Waals surface area (Å²) in [5.74, 6) is 0.747. The molecule has 1 heterocycles. The number of hydrogen-bond acceptors (Lipinski definition) is 4. The molecule has 4 aromatic carbocycles. The second-order valence-corrected chi connectivity index (χ2v) is 11.5. The predicted molar refractivity (Wildman–Crippen MR) is 167 cm³/mol. The minimum Gasteiger partial charge on any atom is -0.352 e. The molecule has 1 saturated carbocycles. The van der Waals surface area contributed by atoms with Gasteiger partial charge in [0.1, 0.15) is 0 Å². The van der Waals surface area contributed by atoms with Gasteiger partial charge in [-0.05, 0) is 78.1 Å². The average Bonchev–Trinajstić information content (AvgIpc) is 3.73. The van der Waals surface area contributed by atoms with E-state index in [1.807, 2.05) is 78.3 Å². The Balaban J connectivity index is 1.13. The molecule has 0 aliphatic heterocycles. The number of benzene rings is 4. The van der Waals surface area contributed by atoms with Crippen molar-refractivity contribution >= 4 is 67.7 Å². The zero-order valence-corrected chi connectivity index (χ0v) is 24.5. The smallest absolute Gasteiger partial charge is 0.255 e. The molecule has 5 aromatic rings. The largest absolute Gasteiger partial charge is 0.352 e. The number of carbonyl (C=O) groups excluding carboxylic acids is 2. The Hall–Kier alpha value is -4.14. The third-order valence-electron chi connectivity index (χ3n) is 7.34. The number of imidazole rings is 1. The van der Waals surface area contributed by atoms with Crippen LogP contribution in [0.1, 0.15) is 33.8 Å². The van der Waals surface area contributed by atoms with Gasteiger partial charge >= 0.3 is 0 Å². The van der Waals surface area contributed by atoms with Crippen molar-refractivity contribution in [2.75, 3.05) is 10.6 Å². The maximum absolute atomic E-state index is 12.8. The first-order valence-electron chi connectivity index (χ1n) is 13.3.